The fourth-order valence-electron chi connectivity index (χ4n) is 3.66. The molecule has 1 aromatic heterocycles. The lowest BCUT2D eigenvalue weighted by Gasteiger charge is -2.30. The zero-order chi connectivity index (χ0) is 21.6. The largest absolute Gasteiger partial charge is 0.484 e. The van der Waals surface area contributed by atoms with E-state index < -0.39 is 0 Å². The van der Waals surface area contributed by atoms with Crippen LogP contribution in [-0.2, 0) is 4.79 Å². The number of aryl methyl sites for hydroxylation is 1. The van der Waals surface area contributed by atoms with Gasteiger partial charge in [-0.2, -0.15) is 0 Å². The summed E-state index contributed by atoms with van der Waals surface area (Å²) in [4.78, 5) is 14.5. The molecule has 160 valence electrons. The Balaban J connectivity index is 1.32. The smallest absolute Gasteiger partial charge is 0.262 e. The second-order valence-corrected chi connectivity index (χ2v) is 8.18. The Labute approximate surface area is 183 Å². The second kappa shape index (κ2) is 9.60. The Hall–Kier alpha value is -3.41. The second-order valence-electron chi connectivity index (χ2n) is 8.18. The van der Waals surface area contributed by atoms with Crippen LogP contribution in [0.25, 0.3) is 11.3 Å². The molecule has 1 aliphatic heterocycles. The van der Waals surface area contributed by atoms with Gasteiger partial charge in [-0.3, -0.25) is 4.79 Å². The third-order valence-corrected chi connectivity index (χ3v) is 5.58. The molecule has 6 nitrogen and oxygen atoms in total. The molecule has 31 heavy (non-hydrogen) atoms. The van der Waals surface area contributed by atoms with Crippen LogP contribution >= 0.6 is 0 Å². The molecule has 1 amide bonds. The molecule has 1 fully saturated rings. The van der Waals surface area contributed by atoms with Crippen LogP contribution in [0.2, 0.25) is 0 Å². The van der Waals surface area contributed by atoms with Crippen molar-refractivity contribution in [1.82, 2.24) is 10.2 Å². The highest BCUT2D eigenvalue weighted by Gasteiger charge is 2.17. The molecule has 1 aliphatic rings. The molecule has 4 rings (SSSR count). The highest BCUT2D eigenvalue weighted by atomic mass is 16.5. The fourth-order valence-corrected chi connectivity index (χ4v) is 3.66. The van der Waals surface area contributed by atoms with Gasteiger partial charge in [-0.05, 0) is 67.6 Å². The number of rotatable bonds is 6. The first kappa shape index (κ1) is 20.8. The van der Waals surface area contributed by atoms with Crippen molar-refractivity contribution >= 4 is 17.4 Å². The van der Waals surface area contributed by atoms with Crippen molar-refractivity contribution in [3.05, 3.63) is 66.2 Å². The number of anilines is 2. The van der Waals surface area contributed by atoms with E-state index in [4.69, 9.17) is 4.74 Å². The number of amides is 1. The molecule has 0 bridgehead atoms. The lowest BCUT2D eigenvalue weighted by atomic mass is 9.99. The van der Waals surface area contributed by atoms with Crippen molar-refractivity contribution in [3.63, 3.8) is 0 Å². The van der Waals surface area contributed by atoms with E-state index in [0.29, 0.717) is 11.4 Å². The van der Waals surface area contributed by atoms with Gasteiger partial charge < -0.3 is 15.0 Å². The number of benzene rings is 2. The quantitative estimate of drug-likeness (QED) is 0.631. The van der Waals surface area contributed by atoms with Crippen LogP contribution < -0.4 is 15.0 Å². The molecule has 2 heterocycles. The van der Waals surface area contributed by atoms with Crippen LogP contribution in [0.5, 0.6) is 5.75 Å². The van der Waals surface area contributed by atoms with Crippen LogP contribution in [0, 0.1) is 12.8 Å². The Morgan fingerprint density at radius 2 is 1.84 bits per heavy atom. The third-order valence-electron chi connectivity index (χ3n) is 5.58. The zero-order valence-electron chi connectivity index (χ0n) is 18.0. The number of nitrogens with zero attached hydrogens (tertiary/aromatic N) is 3. The van der Waals surface area contributed by atoms with Crippen LogP contribution in [-0.4, -0.2) is 35.8 Å². The zero-order valence-corrected chi connectivity index (χ0v) is 18.0. The van der Waals surface area contributed by atoms with Crippen molar-refractivity contribution in [2.75, 3.05) is 29.9 Å². The predicted molar refractivity (Wildman–Crippen MR) is 123 cm³/mol. The minimum atomic E-state index is -0.200. The Kier molecular flexibility index (Phi) is 6.46. The summed E-state index contributed by atoms with van der Waals surface area (Å²) in [5, 5.41) is 11.7. The molecule has 1 saturated heterocycles. The molecule has 3 aromatic rings. The first-order valence-corrected chi connectivity index (χ1v) is 10.8. The standard InChI is InChI=1S/C25H28N4O2/c1-18-12-14-29(15-13-18)24-11-10-23(27-28-24)20-6-8-21(9-7-20)26-25(30)17-31-22-5-3-4-19(2)16-22/h3-11,16,18H,12-15,17H2,1-2H3,(H,26,30). The molecular weight excluding hydrogens is 388 g/mol. The van der Waals surface area contributed by atoms with Gasteiger partial charge in [0.2, 0.25) is 0 Å². The molecule has 0 unspecified atom stereocenters. The van der Waals surface area contributed by atoms with Crippen molar-refractivity contribution in [3.8, 4) is 17.0 Å². The maximum Gasteiger partial charge on any atom is 0.262 e. The number of nitrogens with one attached hydrogen (secondary N) is 1. The highest BCUT2D eigenvalue weighted by Crippen LogP contribution is 2.24. The van der Waals surface area contributed by atoms with Crippen LogP contribution in [0.15, 0.2) is 60.7 Å². The number of carbonyl (C=O) groups excluding carboxylic acids is 1. The van der Waals surface area contributed by atoms with E-state index >= 15 is 0 Å². The van der Waals surface area contributed by atoms with E-state index in [-0.39, 0.29) is 12.5 Å². The maximum atomic E-state index is 12.2. The van der Waals surface area contributed by atoms with Gasteiger partial charge in [0, 0.05) is 24.3 Å². The van der Waals surface area contributed by atoms with E-state index in [1.165, 1.54) is 12.8 Å². The number of hydrogen-bond acceptors (Lipinski definition) is 5. The minimum Gasteiger partial charge on any atom is -0.484 e. The van der Waals surface area contributed by atoms with Crippen molar-refractivity contribution in [1.29, 1.82) is 0 Å². The number of aromatic nitrogens is 2. The average molecular weight is 417 g/mol. The van der Waals surface area contributed by atoms with Gasteiger partial charge in [0.05, 0.1) is 5.69 Å². The average Bonchev–Trinajstić information content (AvgIpc) is 2.79. The van der Waals surface area contributed by atoms with Gasteiger partial charge in [0.1, 0.15) is 5.75 Å². The molecule has 0 saturated carbocycles. The first-order valence-electron chi connectivity index (χ1n) is 10.8. The van der Waals surface area contributed by atoms with Crippen molar-refractivity contribution < 1.29 is 9.53 Å². The van der Waals surface area contributed by atoms with E-state index in [0.717, 1.165) is 41.6 Å². The Morgan fingerprint density at radius 1 is 1.06 bits per heavy atom. The summed E-state index contributed by atoms with van der Waals surface area (Å²) < 4.78 is 5.55. The van der Waals surface area contributed by atoms with E-state index in [2.05, 4.69) is 27.3 Å². The number of carbonyl (C=O) groups is 1. The molecule has 6 heteroatoms. The van der Waals surface area contributed by atoms with Crippen molar-refractivity contribution in [2.45, 2.75) is 26.7 Å². The van der Waals surface area contributed by atoms with Gasteiger partial charge in [-0.15, -0.1) is 10.2 Å². The van der Waals surface area contributed by atoms with Gasteiger partial charge in [0.15, 0.2) is 12.4 Å². The summed E-state index contributed by atoms with van der Waals surface area (Å²) in [5.41, 5.74) is 3.58. The van der Waals surface area contributed by atoms with Gasteiger partial charge in [-0.1, -0.05) is 31.2 Å². The molecule has 0 atom stereocenters. The van der Waals surface area contributed by atoms with E-state index in [1.54, 1.807) is 0 Å². The minimum absolute atomic E-state index is 0.0343. The molecule has 0 spiro atoms. The monoisotopic (exact) mass is 416 g/mol. The van der Waals surface area contributed by atoms with E-state index in [1.807, 2.05) is 67.6 Å². The highest BCUT2D eigenvalue weighted by molar-refractivity contribution is 5.92. The summed E-state index contributed by atoms with van der Waals surface area (Å²) in [5.74, 6) is 2.21. The Bertz CT molecular complexity index is 1010. The third kappa shape index (κ3) is 5.60. The lowest BCUT2D eigenvalue weighted by Crippen LogP contribution is -2.33. The summed E-state index contributed by atoms with van der Waals surface area (Å²) in [7, 11) is 0. The summed E-state index contributed by atoms with van der Waals surface area (Å²) >= 11 is 0. The fraction of sp³-hybridized carbons (Fsp3) is 0.320. The molecule has 1 N–H and O–H groups in total. The van der Waals surface area contributed by atoms with E-state index in [9.17, 15) is 4.79 Å². The molecule has 0 radical (unpaired) electrons. The molecular formula is C25H28N4O2. The molecule has 0 aliphatic carbocycles. The number of ether oxygens (including phenoxy) is 1. The first-order chi connectivity index (χ1) is 15.1. The van der Waals surface area contributed by atoms with Crippen LogP contribution in [0.4, 0.5) is 11.5 Å². The number of piperidine rings is 1. The normalized spacial score (nSPS) is 14.3. The lowest BCUT2D eigenvalue weighted by molar-refractivity contribution is -0.118. The maximum absolute atomic E-state index is 12.2. The van der Waals surface area contributed by atoms with Gasteiger partial charge in [-0.25, -0.2) is 0 Å². The van der Waals surface area contributed by atoms with Gasteiger partial charge in [0.25, 0.3) is 5.91 Å². The van der Waals surface area contributed by atoms with Crippen LogP contribution in [0.1, 0.15) is 25.3 Å². The van der Waals surface area contributed by atoms with Gasteiger partial charge >= 0.3 is 0 Å². The predicted octanol–water partition coefficient (Wildman–Crippen LogP) is 4.71. The Morgan fingerprint density at radius 3 is 2.52 bits per heavy atom. The summed E-state index contributed by atoms with van der Waals surface area (Å²) in [6, 6.07) is 19.3. The SMILES string of the molecule is Cc1cccc(OCC(=O)Nc2ccc(-c3ccc(N4CCC(C)CC4)nn3)cc2)c1. The van der Waals surface area contributed by atoms with Crippen molar-refractivity contribution in [2.24, 2.45) is 5.92 Å². The summed E-state index contributed by atoms with van der Waals surface area (Å²) in [6.07, 6.45) is 2.40. The molecule has 2 aromatic carbocycles. The topological polar surface area (TPSA) is 67.3 Å². The number of hydrogen-bond donors (Lipinski definition) is 1. The van der Waals surface area contributed by atoms with Crippen LogP contribution in [0.3, 0.4) is 0 Å². The summed E-state index contributed by atoms with van der Waals surface area (Å²) in [6.45, 7) is 6.33.